The fourth-order valence-corrected chi connectivity index (χ4v) is 3.60. The molecule has 2 rings (SSSR count). The highest BCUT2D eigenvalue weighted by atomic mass is 32.2. The smallest absolute Gasteiger partial charge is 0.337 e. The van der Waals surface area contributed by atoms with Gasteiger partial charge in [0.05, 0.1) is 24.2 Å². The van der Waals surface area contributed by atoms with Gasteiger partial charge in [0.2, 0.25) is 0 Å². The highest BCUT2D eigenvalue weighted by Gasteiger charge is 2.31. The summed E-state index contributed by atoms with van der Waals surface area (Å²) in [6.07, 6.45) is 2.47. The van der Waals surface area contributed by atoms with Crippen LogP contribution in [-0.2, 0) is 19.1 Å². The van der Waals surface area contributed by atoms with E-state index in [2.05, 4.69) is 4.74 Å². The van der Waals surface area contributed by atoms with Gasteiger partial charge in [0, 0.05) is 13.0 Å². The van der Waals surface area contributed by atoms with Crippen molar-refractivity contribution in [1.82, 2.24) is 4.90 Å². The molecule has 1 aliphatic rings. The Labute approximate surface area is 161 Å². The molecule has 0 N–H and O–H groups in total. The lowest BCUT2D eigenvalue weighted by atomic mass is 10.1. The molecular formula is C18H19NO5S2. The number of benzene rings is 1. The van der Waals surface area contributed by atoms with E-state index >= 15 is 0 Å². The molecule has 1 fully saturated rings. The molecule has 1 saturated heterocycles. The van der Waals surface area contributed by atoms with Crippen LogP contribution in [0.5, 0.6) is 0 Å². The highest BCUT2D eigenvalue weighted by molar-refractivity contribution is 8.26. The van der Waals surface area contributed by atoms with E-state index in [1.54, 1.807) is 37.3 Å². The molecule has 1 amide bonds. The first kappa shape index (κ1) is 20.1. The van der Waals surface area contributed by atoms with Crippen LogP contribution in [0.1, 0.15) is 35.7 Å². The van der Waals surface area contributed by atoms with E-state index in [-0.39, 0.29) is 18.3 Å². The van der Waals surface area contributed by atoms with E-state index in [4.69, 9.17) is 17.0 Å². The van der Waals surface area contributed by atoms with Gasteiger partial charge in [-0.2, -0.15) is 0 Å². The third-order valence-electron chi connectivity index (χ3n) is 3.57. The SMILES string of the molecule is CCOC(=O)CCCN1C(=O)C(=Cc2ccc(C(=O)OC)cc2)SC1=S. The quantitative estimate of drug-likeness (QED) is 0.400. The number of thioether (sulfide) groups is 1. The average molecular weight is 393 g/mol. The van der Waals surface area contributed by atoms with Crippen LogP contribution >= 0.6 is 24.0 Å². The number of thiocarbonyl (C=S) groups is 1. The Kier molecular flexibility index (Phi) is 7.35. The van der Waals surface area contributed by atoms with E-state index in [0.717, 1.165) is 5.56 Å². The molecule has 6 nitrogen and oxygen atoms in total. The molecule has 0 bridgehead atoms. The number of ether oxygens (including phenoxy) is 2. The maximum atomic E-state index is 12.5. The summed E-state index contributed by atoms with van der Waals surface area (Å²) >= 11 is 6.48. The minimum Gasteiger partial charge on any atom is -0.466 e. The molecule has 0 aromatic heterocycles. The maximum Gasteiger partial charge on any atom is 0.337 e. The molecule has 1 heterocycles. The standard InChI is InChI=1S/C18H19NO5S2/c1-3-24-15(20)5-4-10-19-16(21)14(26-18(19)25)11-12-6-8-13(9-7-12)17(22)23-2/h6-9,11H,3-5,10H2,1-2H3. The van der Waals surface area contributed by atoms with Gasteiger partial charge in [-0.25, -0.2) is 4.79 Å². The Balaban J connectivity index is 1.99. The minimum absolute atomic E-state index is 0.180. The third kappa shape index (κ3) is 5.15. The number of hydrogen-bond acceptors (Lipinski definition) is 7. The van der Waals surface area contributed by atoms with Crippen molar-refractivity contribution >= 4 is 52.2 Å². The maximum absolute atomic E-state index is 12.5. The van der Waals surface area contributed by atoms with E-state index in [9.17, 15) is 14.4 Å². The summed E-state index contributed by atoms with van der Waals surface area (Å²) in [5.74, 6) is -0.871. The van der Waals surface area contributed by atoms with Gasteiger partial charge in [0.25, 0.3) is 5.91 Å². The van der Waals surface area contributed by atoms with Crippen molar-refractivity contribution in [2.45, 2.75) is 19.8 Å². The summed E-state index contributed by atoms with van der Waals surface area (Å²) in [6.45, 7) is 2.47. The largest absolute Gasteiger partial charge is 0.466 e. The lowest BCUT2D eigenvalue weighted by Gasteiger charge is -2.13. The summed E-state index contributed by atoms with van der Waals surface area (Å²) in [5.41, 5.74) is 1.22. The highest BCUT2D eigenvalue weighted by Crippen LogP contribution is 2.32. The summed E-state index contributed by atoms with van der Waals surface area (Å²) in [7, 11) is 1.32. The average Bonchev–Trinajstić information content (AvgIpc) is 2.89. The van der Waals surface area contributed by atoms with Gasteiger partial charge in [-0.05, 0) is 37.1 Å². The van der Waals surface area contributed by atoms with Crippen LogP contribution in [0, 0.1) is 0 Å². The van der Waals surface area contributed by atoms with Crippen molar-refractivity contribution in [2.24, 2.45) is 0 Å². The molecule has 138 valence electrons. The monoisotopic (exact) mass is 393 g/mol. The number of esters is 2. The zero-order valence-electron chi connectivity index (χ0n) is 14.5. The van der Waals surface area contributed by atoms with E-state index in [1.807, 2.05) is 0 Å². The summed E-state index contributed by atoms with van der Waals surface area (Å²) < 4.78 is 9.99. The molecule has 26 heavy (non-hydrogen) atoms. The van der Waals surface area contributed by atoms with E-state index in [1.165, 1.54) is 23.8 Å². The second-order valence-corrected chi connectivity index (χ2v) is 7.03. The Morgan fingerprint density at radius 3 is 2.58 bits per heavy atom. The van der Waals surface area contributed by atoms with Crippen LogP contribution in [0.4, 0.5) is 0 Å². The third-order valence-corrected chi connectivity index (χ3v) is 4.95. The van der Waals surface area contributed by atoms with Crippen molar-refractivity contribution in [3.63, 3.8) is 0 Å². The number of hydrogen-bond donors (Lipinski definition) is 0. The molecule has 0 unspecified atom stereocenters. The molecule has 8 heteroatoms. The normalized spacial score (nSPS) is 15.5. The van der Waals surface area contributed by atoms with E-state index < -0.39 is 5.97 Å². The summed E-state index contributed by atoms with van der Waals surface area (Å²) in [6, 6.07) is 6.74. The van der Waals surface area contributed by atoms with Gasteiger partial charge in [0.1, 0.15) is 4.32 Å². The van der Waals surface area contributed by atoms with Gasteiger partial charge in [0.15, 0.2) is 0 Å². The summed E-state index contributed by atoms with van der Waals surface area (Å²) in [5, 5.41) is 0. The van der Waals surface area contributed by atoms with Crippen molar-refractivity contribution in [3.8, 4) is 0 Å². The summed E-state index contributed by atoms with van der Waals surface area (Å²) in [4.78, 5) is 37.3. The number of carbonyl (C=O) groups excluding carboxylic acids is 3. The number of rotatable bonds is 7. The molecule has 0 atom stereocenters. The van der Waals surface area contributed by atoms with Crippen molar-refractivity contribution in [3.05, 3.63) is 40.3 Å². The van der Waals surface area contributed by atoms with Crippen LogP contribution < -0.4 is 0 Å². The van der Waals surface area contributed by atoms with E-state index in [0.29, 0.717) is 34.4 Å². The number of amides is 1. The molecule has 0 saturated carbocycles. The lowest BCUT2D eigenvalue weighted by molar-refractivity contribution is -0.143. The Bertz CT molecular complexity index is 742. The topological polar surface area (TPSA) is 72.9 Å². The van der Waals surface area contributed by atoms with Gasteiger partial charge in [-0.1, -0.05) is 36.1 Å². The second-order valence-electron chi connectivity index (χ2n) is 5.36. The predicted octanol–water partition coefficient (Wildman–Crippen LogP) is 3.02. The van der Waals surface area contributed by atoms with Crippen LogP contribution in [0.3, 0.4) is 0 Å². The molecule has 1 aliphatic heterocycles. The Morgan fingerprint density at radius 2 is 1.96 bits per heavy atom. The van der Waals surface area contributed by atoms with Crippen LogP contribution in [-0.4, -0.2) is 47.3 Å². The Morgan fingerprint density at radius 1 is 1.27 bits per heavy atom. The molecular weight excluding hydrogens is 374 g/mol. The van der Waals surface area contributed by atoms with Gasteiger partial charge in [-0.3, -0.25) is 14.5 Å². The molecule has 1 aromatic rings. The molecule has 0 spiro atoms. The lowest BCUT2D eigenvalue weighted by Crippen LogP contribution is -2.29. The zero-order valence-corrected chi connectivity index (χ0v) is 16.2. The second kappa shape index (κ2) is 9.49. The van der Waals surface area contributed by atoms with Gasteiger partial charge in [-0.15, -0.1) is 0 Å². The minimum atomic E-state index is -0.413. The zero-order chi connectivity index (χ0) is 19.1. The van der Waals surface area contributed by atoms with Crippen LogP contribution in [0.2, 0.25) is 0 Å². The first-order valence-corrected chi connectivity index (χ1v) is 9.28. The van der Waals surface area contributed by atoms with Crippen LogP contribution in [0.25, 0.3) is 6.08 Å². The first-order valence-electron chi connectivity index (χ1n) is 8.05. The van der Waals surface area contributed by atoms with Crippen molar-refractivity contribution in [1.29, 1.82) is 0 Å². The first-order chi connectivity index (χ1) is 12.5. The molecule has 1 aromatic carbocycles. The number of nitrogens with zero attached hydrogens (tertiary/aromatic N) is 1. The van der Waals surface area contributed by atoms with Gasteiger partial charge >= 0.3 is 11.9 Å². The van der Waals surface area contributed by atoms with Crippen molar-refractivity contribution in [2.75, 3.05) is 20.3 Å². The molecule has 0 radical (unpaired) electrons. The van der Waals surface area contributed by atoms with Crippen molar-refractivity contribution < 1.29 is 23.9 Å². The fourth-order valence-electron chi connectivity index (χ4n) is 2.29. The predicted molar refractivity (Wildman–Crippen MR) is 104 cm³/mol. The van der Waals surface area contributed by atoms with Crippen LogP contribution in [0.15, 0.2) is 29.2 Å². The van der Waals surface area contributed by atoms with Gasteiger partial charge < -0.3 is 9.47 Å². The fraction of sp³-hybridized carbons (Fsp3) is 0.333. The number of carbonyl (C=O) groups is 3. The Hall–Kier alpha value is -2.19. The molecule has 0 aliphatic carbocycles. The number of methoxy groups -OCH3 is 1.